The monoisotopic (exact) mass is 469 g/mol. The average molecular weight is 470 g/mol. The molecule has 2 nitrogen and oxygen atoms in total. The fraction of sp³-hybridized carbons (Fsp3) is 0.321. The Morgan fingerprint density at radius 1 is 1.34 bits per heavy atom. The van der Waals surface area contributed by atoms with E-state index in [1.165, 1.54) is 5.57 Å². The fourth-order valence-electron chi connectivity index (χ4n) is 3.74. The number of ether oxygens (including phenoxy) is 1. The van der Waals surface area contributed by atoms with E-state index in [1.807, 2.05) is 25.2 Å². The second kappa shape index (κ2) is 12.8. The maximum absolute atomic E-state index is 6.86. The molecule has 2 aliphatic heterocycles. The molecular formula is C28H33Cl2NO. The van der Waals surface area contributed by atoms with Gasteiger partial charge in [0.1, 0.15) is 0 Å². The maximum atomic E-state index is 6.86. The first kappa shape index (κ1) is 26.1. The van der Waals surface area contributed by atoms with Gasteiger partial charge >= 0.3 is 0 Å². The number of hydrogen-bond acceptors (Lipinski definition) is 2. The van der Waals surface area contributed by atoms with Gasteiger partial charge in [-0.15, -0.1) is 0 Å². The molecule has 2 aliphatic rings. The lowest BCUT2D eigenvalue weighted by Gasteiger charge is -2.24. The molecule has 4 heteroatoms. The van der Waals surface area contributed by atoms with Crippen molar-refractivity contribution in [2.75, 3.05) is 13.2 Å². The van der Waals surface area contributed by atoms with Crippen molar-refractivity contribution in [3.8, 4) is 0 Å². The van der Waals surface area contributed by atoms with E-state index in [0.29, 0.717) is 22.6 Å². The molecule has 2 rings (SSSR count). The molecule has 0 bridgehead atoms. The predicted octanol–water partition coefficient (Wildman–Crippen LogP) is 8.38. The molecule has 0 spiro atoms. The minimum Gasteiger partial charge on any atom is -0.381 e. The molecule has 0 fully saturated rings. The summed E-state index contributed by atoms with van der Waals surface area (Å²) in [5.74, 6) is 0.435. The van der Waals surface area contributed by atoms with Crippen molar-refractivity contribution in [1.82, 2.24) is 0 Å². The number of nitrogens with zero attached hydrogens (tertiary/aromatic N) is 1. The second-order valence-corrected chi connectivity index (χ2v) is 8.97. The van der Waals surface area contributed by atoms with Crippen molar-refractivity contribution < 1.29 is 4.74 Å². The van der Waals surface area contributed by atoms with Gasteiger partial charge in [0.2, 0.25) is 0 Å². The molecule has 0 saturated carbocycles. The quantitative estimate of drug-likeness (QED) is 0.343. The lowest BCUT2D eigenvalue weighted by Crippen LogP contribution is -2.15. The maximum Gasteiger partial charge on any atom is 0.0569 e. The molecule has 0 saturated heterocycles. The molecule has 0 aliphatic carbocycles. The van der Waals surface area contributed by atoms with Crippen LogP contribution in [0.2, 0.25) is 0 Å². The van der Waals surface area contributed by atoms with Gasteiger partial charge in [-0.2, -0.15) is 0 Å². The second-order valence-electron chi connectivity index (χ2n) is 8.15. The summed E-state index contributed by atoms with van der Waals surface area (Å²) >= 11 is 13.2. The lowest BCUT2D eigenvalue weighted by molar-refractivity contribution is 0.105. The van der Waals surface area contributed by atoms with E-state index in [9.17, 15) is 0 Å². The number of aliphatic imine (C=N–C) groups is 1. The summed E-state index contributed by atoms with van der Waals surface area (Å²) in [5.41, 5.74) is 5.87. The predicted molar refractivity (Wildman–Crippen MR) is 141 cm³/mol. The molecule has 0 aromatic carbocycles. The fourth-order valence-corrected chi connectivity index (χ4v) is 4.26. The van der Waals surface area contributed by atoms with Crippen LogP contribution >= 0.6 is 23.2 Å². The van der Waals surface area contributed by atoms with Crippen LogP contribution in [0.1, 0.15) is 33.6 Å². The normalized spacial score (nSPS) is 24.1. The van der Waals surface area contributed by atoms with Crippen molar-refractivity contribution in [2.45, 2.75) is 33.6 Å². The molecule has 0 N–H and O–H groups in total. The van der Waals surface area contributed by atoms with Crippen LogP contribution in [0.5, 0.6) is 0 Å². The van der Waals surface area contributed by atoms with E-state index in [0.717, 1.165) is 47.5 Å². The first-order chi connectivity index (χ1) is 15.3. The van der Waals surface area contributed by atoms with Gasteiger partial charge in [0, 0.05) is 29.1 Å². The van der Waals surface area contributed by atoms with E-state index < -0.39 is 0 Å². The molecule has 0 aromatic rings. The van der Waals surface area contributed by atoms with Crippen molar-refractivity contribution in [3.63, 3.8) is 0 Å². The summed E-state index contributed by atoms with van der Waals surface area (Å²) in [4.78, 5) is 4.59. The Bertz CT molecular complexity index is 969. The van der Waals surface area contributed by atoms with Gasteiger partial charge in [0.05, 0.1) is 11.6 Å². The molecule has 0 aromatic heterocycles. The van der Waals surface area contributed by atoms with Crippen molar-refractivity contribution in [2.24, 2.45) is 16.8 Å². The third kappa shape index (κ3) is 7.20. The summed E-state index contributed by atoms with van der Waals surface area (Å²) in [6.45, 7) is 19.6. The van der Waals surface area contributed by atoms with Crippen LogP contribution in [0.25, 0.3) is 0 Å². The van der Waals surface area contributed by atoms with E-state index >= 15 is 0 Å². The van der Waals surface area contributed by atoms with Gasteiger partial charge in [-0.1, -0.05) is 81.1 Å². The Kier molecular flexibility index (Phi) is 10.4. The number of halogens is 2. The third-order valence-electron chi connectivity index (χ3n) is 5.41. The van der Waals surface area contributed by atoms with Gasteiger partial charge in [-0.05, 0) is 72.1 Å². The summed E-state index contributed by atoms with van der Waals surface area (Å²) in [7, 11) is 0. The van der Waals surface area contributed by atoms with Crippen LogP contribution in [-0.2, 0) is 4.74 Å². The Morgan fingerprint density at radius 2 is 2.09 bits per heavy atom. The molecule has 0 amide bonds. The Hall–Kier alpha value is -2.13. The first-order valence-electron chi connectivity index (χ1n) is 10.9. The highest BCUT2D eigenvalue weighted by Crippen LogP contribution is 2.36. The minimum absolute atomic E-state index is 0.0432. The molecular weight excluding hydrogens is 437 g/mol. The summed E-state index contributed by atoms with van der Waals surface area (Å²) in [5, 5.41) is 1.23. The van der Waals surface area contributed by atoms with Crippen molar-refractivity contribution in [3.05, 3.63) is 106 Å². The number of hydrogen-bond donors (Lipinski definition) is 0. The van der Waals surface area contributed by atoms with Gasteiger partial charge in [0.25, 0.3) is 0 Å². The SMILES string of the molecule is C=C/C=C(Cl)\C=C(/C=C)C(C)/C=C(C1=C(Cl)C(=C)C=CN=C1C)/C1=C\CCOC[C@@H](C)C1. The molecule has 0 radical (unpaired) electrons. The van der Waals surface area contributed by atoms with Crippen molar-refractivity contribution in [1.29, 1.82) is 0 Å². The smallest absolute Gasteiger partial charge is 0.0569 e. The number of rotatable bonds is 7. The van der Waals surface area contributed by atoms with Crippen LogP contribution in [0.3, 0.4) is 0 Å². The first-order valence-corrected chi connectivity index (χ1v) is 11.7. The van der Waals surface area contributed by atoms with Gasteiger partial charge in [0.15, 0.2) is 0 Å². The topological polar surface area (TPSA) is 21.6 Å². The zero-order valence-electron chi connectivity index (χ0n) is 19.3. The zero-order valence-corrected chi connectivity index (χ0v) is 20.8. The Balaban J connectivity index is 2.69. The number of allylic oxidation sites excluding steroid dienone is 13. The summed E-state index contributed by atoms with van der Waals surface area (Å²) in [6, 6.07) is 0. The highest BCUT2D eigenvalue weighted by Gasteiger charge is 2.23. The summed E-state index contributed by atoms with van der Waals surface area (Å²) < 4.78 is 5.74. The van der Waals surface area contributed by atoms with Crippen LogP contribution in [0, 0.1) is 11.8 Å². The van der Waals surface area contributed by atoms with E-state index in [2.05, 4.69) is 50.7 Å². The molecule has 170 valence electrons. The van der Waals surface area contributed by atoms with Crippen LogP contribution < -0.4 is 0 Å². The Morgan fingerprint density at radius 3 is 2.78 bits per heavy atom. The average Bonchev–Trinajstić information content (AvgIpc) is 2.85. The molecule has 2 atom stereocenters. The van der Waals surface area contributed by atoms with E-state index in [-0.39, 0.29) is 5.92 Å². The van der Waals surface area contributed by atoms with Gasteiger partial charge in [-0.3, -0.25) is 4.99 Å². The van der Waals surface area contributed by atoms with Gasteiger partial charge in [-0.25, -0.2) is 0 Å². The Labute approximate surface area is 203 Å². The largest absolute Gasteiger partial charge is 0.381 e. The highest BCUT2D eigenvalue weighted by molar-refractivity contribution is 6.35. The molecule has 32 heavy (non-hydrogen) atoms. The minimum atomic E-state index is 0.0432. The van der Waals surface area contributed by atoms with Crippen LogP contribution in [0.15, 0.2) is 111 Å². The lowest BCUT2D eigenvalue weighted by atomic mass is 9.84. The standard InChI is InChI=1S/C28H33Cl2NO/c1-7-10-25(29)17-23(8-2)21(5)16-26(24-11-9-14-32-18-19(3)15-24)27-22(6)31-13-12-20(4)28(27)30/h7-8,10-13,16-17,19,21H,1-2,4,9,14-15,18H2,3,5-6H3/b23-17+,24-11-,25-10+,26-16-/t19-,21?/m0/s1. The van der Waals surface area contributed by atoms with Crippen LogP contribution in [-0.4, -0.2) is 18.9 Å². The van der Waals surface area contributed by atoms with E-state index in [4.69, 9.17) is 27.9 Å². The molecule has 2 heterocycles. The van der Waals surface area contributed by atoms with Crippen molar-refractivity contribution >= 4 is 28.9 Å². The highest BCUT2D eigenvalue weighted by atomic mass is 35.5. The van der Waals surface area contributed by atoms with Crippen LogP contribution in [0.4, 0.5) is 0 Å². The van der Waals surface area contributed by atoms with Gasteiger partial charge < -0.3 is 4.74 Å². The zero-order chi connectivity index (χ0) is 23.7. The summed E-state index contributed by atoms with van der Waals surface area (Å²) in [6.07, 6.45) is 17.0. The molecule has 1 unspecified atom stereocenters. The third-order valence-corrected chi connectivity index (χ3v) is 6.07. The van der Waals surface area contributed by atoms with E-state index in [1.54, 1.807) is 18.4 Å².